The lowest BCUT2D eigenvalue weighted by Crippen LogP contribution is -2.45. The van der Waals surface area contributed by atoms with E-state index in [9.17, 15) is 4.79 Å². The zero-order valence-electron chi connectivity index (χ0n) is 17.7. The number of hydrogen-bond donors (Lipinski definition) is 2. The fourth-order valence-corrected chi connectivity index (χ4v) is 3.60. The van der Waals surface area contributed by atoms with Crippen molar-refractivity contribution in [1.82, 2.24) is 15.5 Å². The molecule has 0 atom stereocenters. The highest BCUT2D eigenvalue weighted by Crippen LogP contribution is 2.19. The van der Waals surface area contributed by atoms with E-state index >= 15 is 0 Å². The number of carbonyl (C=O) groups is 1. The fraction of sp³-hybridized carbons (Fsp3) is 0.333. The summed E-state index contributed by atoms with van der Waals surface area (Å²) < 4.78 is 0. The molecule has 2 aromatic carbocycles. The minimum atomic E-state index is -0.0525. The summed E-state index contributed by atoms with van der Waals surface area (Å²) in [6.45, 7) is 2.74. The summed E-state index contributed by atoms with van der Waals surface area (Å²) in [4.78, 5) is 18.6. The molecule has 1 heterocycles. The van der Waals surface area contributed by atoms with E-state index in [4.69, 9.17) is 0 Å². The van der Waals surface area contributed by atoms with Crippen LogP contribution < -0.4 is 10.6 Å². The summed E-state index contributed by atoms with van der Waals surface area (Å²) >= 11 is 0. The van der Waals surface area contributed by atoms with E-state index in [1.807, 2.05) is 25.2 Å². The van der Waals surface area contributed by atoms with Crippen molar-refractivity contribution in [3.8, 4) is 0 Å². The molecule has 160 valence electrons. The van der Waals surface area contributed by atoms with Crippen molar-refractivity contribution in [3.05, 3.63) is 76.9 Å². The maximum absolute atomic E-state index is 11.8. The van der Waals surface area contributed by atoms with Gasteiger partial charge in [0, 0.05) is 39.3 Å². The molecule has 0 saturated carbocycles. The van der Waals surface area contributed by atoms with Crippen molar-refractivity contribution in [1.29, 1.82) is 0 Å². The Morgan fingerprint density at radius 2 is 1.83 bits per heavy atom. The van der Waals surface area contributed by atoms with E-state index in [-0.39, 0.29) is 29.9 Å². The molecule has 5 nitrogen and oxygen atoms in total. The monoisotopic (exact) mass is 518 g/mol. The van der Waals surface area contributed by atoms with Crippen molar-refractivity contribution in [3.63, 3.8) is 0 Å². The number of piperidine rings is 1. The summed E-state index contributed by atoms with van der Waals surface area (Å²) in [6.07, 6.45) is 5.28. The van der Waals surface area contributed by atoms with Crippen molar-refractivity contribution in [2.75, 3.05) is 33.7 Å². The van der Waals surface area contributed by atoms with Gasteiger partial charge in [0.15, 0.2) is 5.96 Å². The van der Waals surface area contributed by atoms with Crippen LogP contribution in [0.5, 0.6) is 0 Å². The van der Waals surface area contributed by atoms with Crippen LogP contribution in [0.25, 0.3) is 6.08 Å². The summed E-state index contributed by atoms with van der Waals surface area (Å²) in [5.41, 5.74) is 4.61. The molecule has 3 rings (SSSR count). The van der Waals surface area contributed by atoms with E-state index < -0.39 is 0 Å². The smallest absolute Gasteiger partial charge is 0.251 e. The van der Waals surface area contributed by atoms with Gasteiger partial charge in [-0.3, -0.25) is 9.79 Å². The Hall–Kier alpha value is -2.35. The second kappa shape index (κ2) is 12.4. The number of amides is 1. The van der Waals surface area contributed by atoms with Gasteiger partial charge in [0.05, 0.1) is 0 Å². The lowest BCUT2D eigenvalue weighted by molar-refractivity contribution is 0.0963. The first kappa shape index (κ1) is 23.9. The number of likely N-dealkylation sites (tertiary alicyclic amines) is 1. The fourth-order valence-electron chi connectivity index (χ4n) is 3.60. The number of aliphatic imine (C=N–C) groups is 1. The van der Waals surface area contributed by atoms with Crippen LogP contribution in [0.2, 0.25) is 0 Å². The van der Waals surface area contributed by atoms with E-state index in [0.29, 0.717) is 5.56 Å². The summed E-state index contributed by atoms with van der Waals surface area (Å²) in [5.74, 6) is 0.898. The van der Waals surface area contributed by atoms with Crippen LogP contribution in [0.1, 0.15) is 34.3 Å². The molecule has 1 saturated heterocycles. The Bertz CT molecular complexity index is 870. The average molecular weight is 518 g/mol. The van der Waals surface area contributed by atoms with E-state index in [1.54, 1.807) is 7.05 Å². The zero-order valence-corrected chi connectivity index (χ0v) is 20.1. The van der Waals surface area contributed by atoms with Crippen molar-refractivity contribution in [2.45, 2.75) is 19.3 Å². The van der Waals surface area contributed by atoms with Crippen LogP contribution in [0.15, 0.2) is 65.2 Å². The third-order valence-electron chi connectivity index (χ3n) is 5.20. The molecule has 0 spiro atoms. The zero-order chi connectivity index (χ0) is 20.5. The van der Waals surface area contributed by atoms with Gasteiger partial charge in [-0.1, -0.05) is 54.1 Å². The van der Waals surface area contributed by atoms with E-state index in [2.05, 4.69) is 63.0 Å². The van der Waals surface area contributed by atoms with Crippen LogP contribution in [0.4, 0.5) is 0 Å². The van der Waals surface area contributed by atoms with Gasteiger partial charge in [-0.25, -0.2) is 0 Å². The Kier molecular flexibility index (Phi) is 9.86. The molecule has 1 amide bonds. The van der Waals surface area contributed by atoms with Gasteiger partial charge in [0.25, 0.3) is 5.91 Å². The quantitative estimate of drug-likeness (QED) is 0.358. The summed E-state index contributed by atoms with van der Waals surface area (Å²) in [7, 11) is 3.49. The lowest BCUT2D eigenvalue weighted by atomic mass is 10.0. The number of guanidine groups is 1. The van der Waals surface area contributed by atoms with Crippen LogP contribution in [0.3, 0.4) is 0 Å². The third kappa shape index (κ3) is 6.86. The third-order valence-corrected chi connectivity index (χ3v) is 5.20. The first-order chi connectivity index (χ1) is 14.2. The molecule has 6 heteroatoms. The standard InChI is InChI=1S/C24H30N4O.HI/c1-25-23(29)22-10-6-9-20(18-22)11-14-27-24(26-2)28-15-12-21(13-16-28)17-19-7-4-3-5-8-19;/h3-10,17-18H,11-16H2,1-2H3,(H,25,29)(H,26,27);1H. The minimum absolute atomic E-state index is 0. The first-order valence-electron chi connectivity index (χ1n) is 10.2. The van der Waals surface area contributed by atoms with Gasteiger partial charge in [-0.05, 0) is 42.5 Å². The molecule has 2 aromatic rings. The molecule has 0 unspecified atom stereocenters. The van der Waals surface area contributed by atoms with E-state index in [0.717, 1.165) is 50.4 Å². The molecule has 30 heavy (non-hydrogen) atoms. The molecule has 0 aliphatic carbocycles. The number of carbonyl (C=O) groups excluding carboxylic acids is 1. The summed E-state index contributed by atoms with van der Waals surface area (Å²) in [6, 6.07) is 18.3. The number of rotatable bonds is 5. The van der Waals surface area contributed by atoms with Gasteiger partial charge >= 0.3 is 0 Å². The minimum Gasteiger partial charge on any atom is -0.356 e. The SMILES string of the molecule is CN=C(NCCc1cccc(C(=O)NC)c1)N1CCC(=Cc2ccccc2)CC1.I. The molecule has 0 bridgehead atoms. The van der Waals surface area contributed by atoms with Gasteiger partial charge in [0.1, 0.15) is 0 Å². The Labute approximate surface area is 196 Å². The second-order valence-corrected chi connectivity index (χ2v) is 7.20. The molecular weight excluding hydrogens is 487 g/mol. The predicted molar refractivity (Wildman–Crippen MR) is 136 cm³/mol. The molecule has 2 N–H and O–H groups in total. The van der Waals surface area contributed by atoms with Crippen LogP contribution in [0, 0.1) is 0 Å². The van der Waals surface area contributed by atoms with Crippen molar-refractivity contribution < 1.29 is 4.79 Å². The Morgan fingerprint density at radius 3 is 2.50 bits per heavy atom. The second-order valence-electron chi connectivity index (χ2n) is 7.20. The highest BCUT2D eigenvalue weighted by molar-refractivity contribution is 14.0. The van der Waals surface area contributed by atoms with Gasteiger partial charge in [0.2, 0.25) is 0 Å². The number of halogens is 1. The molecule has 1 aliphatic heterocycles. The van der Waals surface area contributed by atoms with Gasteiger partial charge in [-0.2, -0.15) is 0 Å². The average Bonchev–Trinajstić information content (AvgIpc) is 2.78. The predicted octanol–water partition coefficient (Wildman–Crippen LogP) is 3.96. The van der Waals surface area contributed by atoms with Gasteiger partial charge < -0.3 is 15.5 Å². The topological polar surface area (TPSA) is 56.7 Å². The molecular formula is C24H31IN4O. The molecule has 1 fully saturated rings. The number of nitrogens with zero attached hydrogens (tertiary/aromatic N) is 2. The lowest BCUT2D eigenvalue weighted by Gasteiger charge is -2.31. The van der Waals surface area contributed by atoms with Crippen LogP contribution >= 0.6 is 24.0 Å². The Morgan fingerprint density at radius 1 is 1.10 bits per heavy atom. The largest absolute Gasteiger partial charge is 0.356 e. The normalized spacial score (nSPS) is 14.0. The molecule has 0 aromatic heterocycles. The maximum atomic E-state index is 11.8. The summed E-state index contributed by atoms with van der Waals surface area (Å²) in [5, 5.41) is 6.14. The highest BCUT2D eigenvalue weighted by Gasteiger charge is 2.17. The molecule has 1 aliphatic rings. The number of nitrogens with one attached hydrogen (secondary N) is 2. The Balaban J connectivity index is 0.00000320. The van der Waals surface area contributed by atoms with E-state index in [1.165, 1.54) is 11.1 Å². The maximum Gasteiger partial charge on any atom is 0.251 e. The molecule has 0 radical (unpaired) electrons. The number of benzene rings is 2. The van der Waals surface area contributed by atoms with Crippen LogP contribution in [-0.4, -0.2) is 50.5 Å². The van der Waals surface area contributed by atoms with Crippen LogP contribution in [-0.2, 0) is 6.42 Å². The van der Waals surface area contributed by atoms with Crippen molar-refractivity contribution >= 4 is 41.9 Å². The number of hydrogen-bond acceptors (Lipinski definition) is 2. The highest BCUT2D eigenvalue weighted by atomic mass is 127. The van der Waals surface area contributed by atoms with Crippen molar-refractivity contribution in [2.24, 2.45) is 4.99 Å². The van der Waals surface area contributed by atoms with Gasteiger partial charge in [-0.15, -0.1) is 24.0 Å². The first-order valence-corrected chi connectivity index (χ1v) is 10.2.